The van der Waals surface area contributed by atoms with Crippen molar-refractivity contribution in [2.75, 3.05) is 32.7 Å². The highest BCUT2D eigenvalue weighted by atomic mass is 19.4. The predicted molar refractivity (Wildman–Crippen MR) is 125 cm³/mol. The summed E-state index contributed by atoms with van der Waals surface area (Å²) in [6.07, 6.45) is -2.64. The maximum absolute atomic E-state index is 12.8. The van der Waals surface area contributed by atoms with Crippen LogP contribution in [0.15, 0.2) is 18.2 Å². The van der Waals surface area contributed by atoms with Crippen LogP contribution in [0.3, 0.4) is 0 Å². The monoisotopic (exact) mass is 481 g/mol. The van der Waals surface area contributed by atoms with Crippen molar-refractivity contribution in [2.24, 2.45) is 5.92 Å². The Morgan fingerprint density at radius 1 is 1.09 bits per heavy atom. The molecule has 8 heteroatoms. The molecule has 1 amide bonds. The largest absolute Gasteiger partial charge is 0.437 e. The van der Waals surface area contributed by atoms with E-state index in [0.717, 1.165) is 71.8 Å². The van der Waals surface area contributed by atoms with Crippen molar-refractivity contribution < 1.29 is 22.7 Å². The molecule has 1 spiro atoms. The summed E-state index contributed by atoms with van der Waals surface area (Å²) in [5.74, 6) is 0.645. The van der Waals surface area contributed by atoms with Gasteiger partial charge in [-0.15, -0.1) is 0 Å². The fraction of sp³-hybridized carbons (Fsp3) is 0.731. The van der Waals surface area contributed by atoms with Crippen molar-refractivity contribution >= 4 is 6.09 Å². The number of rotatable bonds is 5. The molecule has 0 bridgehead atoms. The molecule has 0 N–H and O–H groups in total. The molecular weight excluding hydrogens is 443 g/mol. The highest BCUT2D eigenvalue weighted by molar-refractivity contribution is 5.68. The highest BCUT2D eigenvalue weighted by Crippen LogP contribution is 2.40. The van der Waals surface area contributed by atoms with Crippen LogP contribution in [0.4, 0.5) is 18.0 Å². The number of halogens is 3. The van der Waals surface area contributed by atoms with Crippen molar-refractivity contribution in [3.63, 3.8) is 0 Å². The number of amides is 1. The molecule has 2 saturated heterocycles. The average molecular weight is 482 g/mol. The number of nitrogens with zero attached hydrogens (tertiary/aromatic N) is 3. The number of hydrogen-bond donors (Lipinski definition) is 0. The fourth-order valence-corrected chi connectivity index (χ4v) is 5.94. The van der Waals surface area contributed by atoms with Gasteiger partial charge in [0.25, 0.3) is 0 Å². The molecular formula is C26H38F3N3O2. The summed E-state index contributed by atoms with van der Waals surface area (Å²) in [4.78, 5) is 18.9. The van der Waals surface area contributed by atoms with Crippen LogP contribution in [-0.2, 0) is 24.2 Å². The van der Waals surface area contributed by atoms with Crippen molar-refractivity contribution in [1.29, 1.82) is 0 Å². The average Bonchev–Trinajstić information content (AvgIpc) is 3.15. The van der Waals surface area contributed by atoms with Crippen LogP contribution in [0, 0.1) is 5.92 Å². The Morgan fingerprint density at radius 3 is 2.50 bits per heavy atom. The third kappa shape index (κ3) is 5.54. The third-order valence-corrected chi connectivity index (χ3v) is 7.87. The number of benzene rings is 1. The maximum atomic E-state index is 12.8. The van der Waals surface area contributed by atoms with E-state index in [2.05, 4.69) is 46.6 Å². The molecule has 3 aliphatic heterocycles. The highest BCUT2D eigenvalue weighted by Gasteiger charge is 2.45. The SMILES string of the molecule is CC(C)CN1CCc2cccc(CN3CCCC34CCN(C(=O)OC(C)C(F)(F)F)CC4)c2C1. The first-order valence-electron chi connectivity index (χ1n) is 12.7. The van der Waals surface area contributed by atoms with Crippen molar-refractivity contribution in [3.05, 3.63) is 34.9 Å². The quantitative estimate of drug-likeness (QED) is 0.578. The zero-order valence-electron chi connectivity index (χ0n) is 20.7. The topological polar surface area (TPSA) is 36.0 Å². The molecule has 1 aromatic carbocycles. The van der Waals surface area contributed by atoms with Gasteiger partial charge < -0.3 is 9.64 Å². The first kappa shape index (κ1) is 25.3. The Morgan fingerprint density at radius 2 is 1.82 bits per heavy atom. The maximum Gasteiger partial charge on any atom is 0.425 e. The first-order valence-corrected chi connectivity index (χ1v) is 12.7. The van der Waals surface area contributed by atoms with E-state index in [1.165, 1.54) is 21.6 Å². The molecule has 1 unspecified atom stereocenters. The van der Waals surface area contributed by atoms with Gasteiger partial charge in [0, 0.05) is 44.8 Å². The minimum atomic E-state index is -4.53. The summed E-state index contributed by atoms with van der Waals surface area (Å²) >= 11 is 0. The number of alkyl halides is 3. The normalized spacial score (nSPS) is 22.3. The molecule has 3 aliphatic rings. The number of hydrogen-bond acceptors (Lipinski definition) is 4. The molecule has 0 radical (unpaired) electrons. The second kappa shape index (κ2) is 10.1. The van der Waals surface area contributed by atoms with Gasteiger partial charge >= 0.3 is 12.3 Å². The van der Waals surface area contributed by atoms with Crippen LogP contribution in [0.5, 0.6) is 0 Å². The van der Waals surface area contributed by atoms with E-state index in [0.29, 0.717) is 19.0 Å². The van der Waals surface area contributed by atoms with Gasteiger partial charge in [-0.2, -0.15) is 13.2 Å². The Labute approximate surface area is 201 Å². The van der Waals surface area contributed by atoms with Gasteiger partial charge in [0.15, 0.2) is 6.10 Å². The van der Waals surface area contributed by atoms with Crippen LogP contribution in [0.25, 0.3) is 0 Å². The second-order valence-electron chi connectivity index (χ2n) is 10.7. The fourth-order valence-electron chi connectivity index (χ4n) is 5.94. The molecule has 1 aromatic rings. The first-order chi connectivity index (χ1) is 16.1. The summed E-state index contributed by atoms with van der Waals surface area (Å²) in [6.45, 7) is 11.4. The zero-order valence-corrected chi connectivity index (χ0v) is 20.7. The lowest BCUT2D eigenvalue weighted by molar-refractivity contribution is -0.200. The predicted octanol–water partition coefficient (Wildman–Crippen LogP) is 5.22. The number of piperidine rings is 1. The second-order valence-corrected chi connectivity index (χ2v) is 10.7. The summed E-state index contributed by atoms with van der Waals surface area (Å²) in [6, 6.07) is 6.70. The molecule has 2 fully saturated rings. The van der Waals surface area contributed by atoms with E-state index in [1.54, 1.807) is 0 Å². The van der Waals surface area contributed by atoms with Gasteiger partial charge in [0.1, 0.15) is 0 Å². The summed E-state index contributed by atoms with van der Waals surface area (Å²) in [7, 11) is 0. The zero-order chi connectivity index (χ0) is 24.5. The number of ether oxygens (including phenoxy) is 1. The van der Waals surface area contributed by atoms with Crippen molar-refractivity contribution in [3.8, 4) is 0 Å². The molecule has 190 valence electrons. The van der Waals surface area contributed by atoms with Gasteiger partial charge in [-0.3, -0.25) is 9.80 Å². The van der Waals surface area contributed by atoms with E-state index < -0.39 is 18.4 Å². The van der Waals surface area contributed by atoms with Crippen molar-refractivity contribution in [2.45, 2.75) is 83.8 Å². The lowest BCUT2D eigenvalue weighted by Crippen LogP contribution is -2.53. The van der Waals surface area contributed by atoms with E-state index in [1.807, 2.05) is 0 Å². The van der Waals surface area contributed by atoms with Crippen LogP contribution in [0.2, 0.25) is 0 Å². The number of fused-ring (bicyclic) bond motifs is 1. The summed E-state index contributed by atoms with van der Waals surface area (Å²) in [5.41, 5.74) is 4.34. The Balaban J connectivity index is 1.40. The van der Waals surface area contributed by atoms with Crippen molar-refractivity contribution in [1.82, 2.24) is 14.7 Å². The molecule has 3 heterocycles. The lowest BCUT2D eigenvalue weighted by Gasteiger charge is -2.45. The van der Waals surface area contributed by atoms with Crippen LogP contribution < -0.4 is 0 Å². The molecule has 0 aromatic heterocycles. The van der Waals surface area contributed by atoms with Gasteiger partial charge in [-0.05, 0) is 68.2 Å². The van der Waals surface area contributed by atoms with Gasteiger partial charge in [-0.25, -0.2) is 4.79 Å². The van der Waals surface area contributed by atoms with Crippen LogP contribution in [-0.4, -0.2) is 71.3 Å². The molecule has 1 atom stereocenters. The molecule has 0 saturated carbocycles. The minimum absolute atomic E-state index is 0.0153. The Kier molecular flexibility index (Phi) is 7.48. The van der Waals surface area contributed by atoms with E-state index in [4.69, 9.17) is 0 Å². The van der Waals surface area contributed by atoms with Gasteiger partial charge in [0.2, 0.25) is 0 Å². The van der Waals surface area contributed by atoms with Crippen LogP contribution in [0.1, 0.15) is 63.1 Å². The smallest absolute Gasteiger partial charge is 0.425 e. The molecule has 34 heavy (non-hydrogen) atoms. The lowest BCUT2D eigenvalue weighted by atomic mass is 9.84. The molecule has 5 nitrogen and oxygen atoms in total. The van der Waals surface area contributed by atoms with E-state index in [-0.39, 0.29) is 5.54 Å². The van der Waals surface area contributed by atoms with Gasteiger partial charge in [-0.1, -0.05) is 32.0 Å². The number of carbonyl (C=O) groups is 1. The molecule has 4 rings (SSSR count). The summed E-state index contributed by atoms with van der Waals surface area (Å²) < 4.78 is 43.0. The Bertz CT molecular complexity index is 865. The van der Waals surface area contributed by atoms with Gasteiger partial charge in [0.05, 0.1) is 0 Å². The van der Waals surface area contributed by atoms with E-state index in [9.17, 15) is 18.0 Å². The number of carbonyl (C=O) groups excluding carboxylic acids is 1. The third-order valence-electron chi connectivity index (χ3n) is 7.87. The van der Waals surface area contributed by atoms with Crippen LogP contribution >= 0.6 is 0 Å². The molecule has 0 aliphatic carbocycles. The summed E-state index contributed by atoms with van der Waals surface area (Å²) in [5, 5.41) is 0. The Hall–Kier alpha value is -1.80. The van der Waals surface area contributed by atoms with E-state index >= 15 is 0 Å². The number of likely N-dealkylation sites (tertiary alicyclic amines) is 2. The minimum Gasteiger partial charge on any atom is -0.437 e. The standard InChI is InChI=1S/C26H38F3N3O2/c1-19(2)16-30-13-8-21-6-4-7-22(23(21)18-30)17-32-12-5-9-25(32)10-14-31(15-11-25)24(33)34-20(3)26(27,28)29/h4,6-7,19-20H,5,8-18H2,1-3H3.